The second-order valence-corrected chi connectivity index (χ2v) is 8.63. The predicted octanol–water partition coefficient (Wildman–Crippen LogP) is 5.89. The van der Waals surface area contributed by atoms with Crippen LogP contribution in [0.1, 0.15) is 40.3 Å². The Morgan fingerprint density at radius 3 is 2.41 bits per heavy atom. The van der Waals surface area contributed by atoms with Gasteiger partial charge < -0.3 is 19.4 Å². The first-order chi connectivity index (χ1) is 16.4. The highest BCUT2D eigenvalue weighted by Gasteiger charge is 2.19. The number of hydrogen-bond donors (Lipinski definition) is 1. The molecule has 1 aromatic heterocycles. The highest BCUT2D eigenvalue weighted by molar-refractivity contribution is 6.32. The average molecular weight is 478 g/mol. The van der Waals surface area contributed by atoms with Gasteiger partial charge in [-0.3, -0.25) is 4.79 Å². The number of nitrogens with zero attached hydrogens (tertiary/aromatic N) is 2. The Morgan fingerprint density at radius 1 is 1.06 bits per heavy atom. The van der Waals surface area contributed by atoms with Gasteiger partial charge in [0.15, 0.2) is 0 Å². The van der Waals surface area contributed by atoms with Crippen molar-refractivity contribution in [1.82, 2.24) is 14.9 Å². The molecule has 0 radical (unpaired) electrons. The van der Waals surface area contributed by atoms with E-state index in [9.17, 15) is 4.79 Å². The average Bonchev–Trinajstić information content (AvgIpc) is 3.21. The molecule has 0 fully saturated rings. The number of para-hydroxylation sites is 2. The molecule has 0 aliphatic heterocycles. The van der Waals surface area contributed by atoms with Crippen LogP contribution in [0.25, 0.3) is 11.0 Å². The molecule has 0 bridgehead atoms. The van der Waals surface area contributed by atoms with Crippen molar-refractivity contribution in [2.45, 2.75) is 33.4 Å². The molecule has 1 N–H and O–H groups in total. The maximum atomic E-state index is 12.8. The summed E-state index contributed by atoms with van der Waals surface area (Å²) >= 11 is 6.28. The van der Waals surface area contributed by atoms with Crippen LogP contribution < -0.4 is 14.8 Å². The summed E-state index contributed by atoms with van der Waals surface area (Å²) in [7, 11) is 1.60. The molecule has 0 aliphatic carbocycles. The third-order valence-electron chi connectivity index (χ3n) is 5.76. The van der Waals surface area contributed by atoms with Crippen LogP contribution in [0.5, 0.6) is 11.5 Å². The van der Waals surface area contributed by atoms with Gasteiger partial charge in [-0.05, 0) is 80.4 Å². The van der Waals surface area contributed by atoms with Crippen LogP contribution in [0.2, 0.25) is 5.02 Å². The summed E-state index contributed by atoms with van der Waals surface area (Å²) in [6.45, 7) is 6.91. The highest BCUT2D eigenvalue weighted by atomic mass is 35.5. The first kappa shape index (κ1) is 23.6. The molecule has 34 heavy (non-hydrogen) atoms. The monoisotopic (exact) mass is 477 g/mol. The minimum absolute atomic E-state index is 0.169. The van der Waals surface area contributed by atoms with Crippen molar-refractivity contribution in [3.63, 3.8) is 0 Å². The standard InChI is InChI=1S/C27H28ClN3O3/c1-17-15-22(16-18(2)25(17)28)34-14-13-31-24-8-6-5-7-23(24)30-26(31)19(3)29-27(32)20-9-11-21(33-4)12-10-20/h5-12,15-16,19H,13-14H2,1-4H3,(H,29,32). The quantitative estimate of drug-likeness (QED) is 0.344. The molecule has 7 heteroatoms. The number of hydrogen-bond acceptors (Lipinski definition) is 4. The summed E-state index contributed by atoms with van der Waals surface area (Å²) in [5.74, 6) is 2.09. The fraction of sp³-hybridized carbons (Fsp3) is 0.259. The van der Waals surface area contributed by atoms with Gasteiger partial charge in [0.2, 0.25) is 0 Å². The molecule has 0 spiro atoms. The zero-order chi connectivity index (χ0) is 24.2. The lowest BCUT2D eigenvalue weighted by molar-refractivity contribution is 0.0937. The molecule has 4 rings (SSSR count). The largest absolute Gasteiger partial charge is 0.497 e. The smallest absolute Gasteiger partial charge is 0.251 e. The van der Waals surface area contributed by atoms with Crippen LogP contribution in [-0.4, -0.2) is 29.2 Å². The zero-order valence-corrected chi connectivity index (χ0v) is 20.5. The van der Waals surface area contributed by atoms with Crippen molar-refractivity contribution in [3.05, 3.63) is 88.2 Å². The number of imidazole rings is 1. The van der Waals surface area contributed by atoms with Crippen molar-refractivity contribution in [1.29, 1.82) is 0 Å². The maximum absolute atomic E-state index is 12.8. The Bertz CT molecular complexity index is 1290. The molecule has 1 amide bonds. The fourth-order valence-electron chi connectivity index (χ4n) is 3.99. The second-order valence-electron chi connectivity index (χ2n) is 8.25. The van der Waals surface area contributed by atoms with E-state index in [-0.39, 0.29) is 11.9 Å². The van der Waals surface area contributed by atoms with Crippen LogP contribution in [-0.2, 0) is 6.54 Å². The first-order valence-electron chi connectivity index (χ1n) is 11.2. The van der Waals surface area contributed by atoms with E-state index in [0.29, 0.717) is 24.5 Å². The minimum atomic E-state index is -0.304. The lowest BCUT2D eigenvalue weighted by atomic mass is 10.1. The number of methoxy groups -OCH3 is 1. The van der Waals surface area contributed by atoms with Crippen LogP contribution in [0, 0.1) is 13.8 Å². The van der Waals surface area contributed by atoms with E-state index in [2.05, 4.69) is 9.88 Å². The molecule has 0 saturated heterocycles. The zero-order valence-electron chi connectivity index (χ0n) is 19.8. The summed E-state index contributed by atoms with van der Waals surface area (Å²) in [5, 5.41) is 3.82. The summed E-state index contributed by atoms with van der Waals surface area (Å²) in [5.41, 5.74) is 4.41. The molecule has 6 nitrogen and oxygen atoms in total. The molecule has 1 unspecified atom stereocenters. The molecule has 0 aliphatic rings. The summed E-state index contributed by atoms with van der Waals surface area (Å²) < 4.78 is 13.3. The topological polar surface area (TPSA) is 65.4 Å². The molecule has 1 heterocycles. The van der Waals surface area contributed by atoms with Crippen molar-refractivity contribution >= 4 is 28.5 Å². The number of halogens is 1. The Kier molecular flexibility index (Phi) is 7.08. The van der Waals surface area contributed by atoms with Gasteiger partial charge in [0.1, 0.15) is 23.9 Å². The third kappa shape index (κ3) is 5.02. The lowest BCUT2D eigenvalue weighted by Crippen LogP contribution is -2.29. The van der Waals surface area contributed by atoms with Gasteiger partial charge in [-0.25, -0.2) is 4.98 Å². The first-order valence-corrected chi connectivity index (χ1v) is 11.5. The number of carbonyl (C=O) groups excluding carboxylic acids is 1. The van der Waals surface area contributed by atoms with E-state index >= 15 is 0 Å². The number of aromatic nitrogens is 2. The van der Waals surface area contributed by atoms with Crippen LogP contribution >= 0.6 is 11.6 Å². The predicted molar refractivity (Wildman–Crippen MR) is 135 cm³/mol. The molecule has 4 aromatic rings. The molecular weight excluding hydrogens is 450 g/mol. The van der Waals surface area contributed by atoms with Crippen molar-refractivity contribution in [2.75, 3.05) is 13.7 Å². The lowest BCUT2D eigenvalue weighted by Gasteiger charge is -2.17. The van der Waals surface area contributed by atoms with E-state index in [1.807, 2.05) is 57.2 Å². The van der Waals surface area contributed by atoms with Crippen LogP contribution in [0.3, 0.4) is 0 Å². The normalized spacial score (nSPS) is 11.9. The number of aryl methyl sites for hydroxylation is 2. The van der Waals surface area contributed by atoms with E-state index < -0.39 is 0 Å². The number of ether oxygens (including phenoxy) is 2. The SMILES string of the molecule is COc1ccc(C(=O)NC(C)c2nc3ccccc3n2CCOc2cc(C)c(Cl)c(C)c2)cc1. The van der Waals surface area contributed by atoms with Gasteiger partial charge in [0.05, 0.1) is 30.7 Å². The van der Waals surface area contributed by atoms with Crippen LogP contribution in [0.4, 0.5) is 0 Å². The van der Waals surface area contributed by atoms with E-state index in [4.69, 9.17) is 26.1 Å². The molecule has 3 aromatic carbocycles. The van der Waals surface area contributed by atoms with Gasteiger partial charge in [0, 0.05) is 10.6 Å². The number of amides is 1. The minimum Gasteiger partial charge on any atom is -0.497 e. The van der Waals surface area contributed by atoms with Crippen LogP contribution in [0.15, 0.2) is 60.7 Å². The third-order valence-corrected chi connectivity index (χ3v) is 6.36. The fourth-order valence-corrected chi connectivity index (χ4v) is 4.10. The molecule has 176 valence electrons. The van der Waals surface area contributed by atoms with Gasteiger partial charge in [-0.2, -0.15) is 0 Å². The molecular formula is C27H28ClN3O3. The van der Waals surface area contributed by atoms with Gasteiger partial charge in [0.25, 0.3) is 5.91 Å². The summed E-state index contributed by atoms with van der Waals surface area (Å²) in [6.07, 6.45) is 0. The summed E-state index contributed by atoms with van der Waals surface area (Å²) in [6, 6.07) is 18.6. The van der Waals surface area contributed by atoms with Crippen molar-refractivity contribution in [3.8, 4) is 11.5 Å². The summed E-state index contributed by atoms with van der Waals surface area (Å²) in [4.78, 5) is 17.6. The van der Waals surface area contributed by atoms with Gasteiger partial charge in [-0.15, -0.1) is 0 Å². The maximum Gasteiger partial charge on any atom is 0.251 e. The number of benzene rings is 3. The van der Waals surface area contributed by atoms with Gasteiger partial charge >= 0.3 is 0 Å². The highest BCUT2D eigenvalue weighted by Crippen LogP contribution is 2.26. The van der Waals surface area contributed by atoms with E-state index in [1.165, 1.54) is 0 Å². The van der Waals surface area contributed by atoms with Crippen molar-refractivity contribution in [2.24, 2.45) is 0 Å². The molecule has 0 saturated carbocycles. The second kappa shape index (κ2) is 10.2. The Morgan fingerprint density at radius 2 is 1.74 bits per heavy atom. The van der Waals surface area contributed by atoms with Gasteiger partial charge in [-0.1, -0.05) is 23.7 Å². The number of nitrogens with one attached hydrogen (secondary N) is 1. The Hall–Kier alpha value is -3.51. The number of rotatable bonds is 8. The number of carbonyl (C=O) groups is 1. The van der Waals surface area contributed by atoms with E-state index in [0.717, 1.165) is 38.8 Å². The Labute approximate surface area is 204 Å². The van der Waals surface area contributed by atoms with E-state index in [1.54, 1.807) is 31.4 Å². The molecule has 1 atom stereocenters. The Balaban J connectivity index is 1.52. The van der Waals surface area contributed by atoms with Crippen molar-refractivity contribution < 1.29 is 14.3 Å². The number of fused-ring (bicyclic) bond motifs is 1.